The van der Waals surface area contributed by atoms with Gasteiger partial charge in [0.1, 0.15) is 11.5 Å². The van der Waals surface area contributed by atoms with Crippen LogP contribution in [0.2, 0.25) is 0 Å². The molecule has 2 aromatic rings. The predicted molar refractivity (Wildman–Crippen MR) is 75.8 cm³/mol. The van der Waals surface area contributed by atoms with Gasteiger partial charge >= 0.3 is 0 Å². The third-order valence-electron chi connectivity index (χ3n) is 2.86. The maximum absolute atomic E-state index is 12.3. The molecule has 2 aromatic heterocycles. The Morgan fingerprint density at radius 3 is 2.70 bits per heavy atom. The van der Waals surface area contributed by atoms with Crippen LogP contribution in [0, 0.1) is 6.92 Å². The highest BCUT2D eigenvalue weighted by Gasteiger charge is 2.16. The molecule has 0 aromatic carbocycles. The summed E-state index contributed by atoms with van der Waals surface area (Å²) in [6.45, 7) is 4.86. The van der Waals surface area contributed by atoms with Gasteiger partial charge in [0.2, 0.25) is 0 Å². The van der Waals surface area contributed by atoms with Crippen molar-refractivity contribution in [2.24, 2.45) is 0 Å². The van der Waals surface area contributed by atoms with Crippen molar-refractivity contribution in [3.63, 3.8) is 0 Å². The molecular weight excluding hydrogens is 254 g/mol. The average Bonchev–Trinajstić information content (AvgIpc) is 2.45. The van der Waals surface area contributed by atoms with Crippen molar-refractivity contribution < 1.29 is 4.79 Å². The van der Waals surface area contributed by atoms with Crippen molar-refractivity contribution in [2.75, 3.05) is 12.3 Å². The highest BCUT2D eigenvalue weighted by molar-refractivity contribution is 5.92. The van der Waals surface area contributed by atoms with Crippen molar-refractivity contribution >= 4 is 11.7 Å². The van der Waals surface area contributed by atoms with Crippen molar-refractivity contribution in [1.29, 1.82) is 0 Å². The number of aromatic nitrogens is 3. The Balaban J connectivity index is 2.15. The summed E-state index contributed by atoms with van der Waals surface area (Å²) < 4.78 is 0. The van der Waals surface area contributed by atoms with Crippen LogP contribution < -0.4 is 5.73 Å². The average molecular weight is 271 g/mol. The molecule has 0 aliphatic rings. The second-order valence-electron chi connectivity index (χ2n) is 4.42. The van der Waals surface area contributed by atoms with E-state index in [9.17, 15) is 4.79 Å². The number of hydrogen-bond donors (Lipinski definition) is 1. The van der Waals surface area contributed by atoms with E-state index in [2.05, 4.69) is 15.0 Å². The lowest BCUT2D eigenvalue weighted by molar-refractivity contribution is 0.0744. The van der Waals surface area contributed by atoms with Crippen LogP contribution in [0.4, 0.5) is 5.82 Å². The largest absolute Gasteiger partial charge is 0.382 e. The SMILES string of the molecule is CCN(Cc1cccc(C)n1)C(=O)c1cnc(N)cn1. The fraction of sp³-hybridized carbons (Fsp3) is 0.286. The number of nitrogens with two attached hydrogens (primary N) is 1. The predicted octanol–water partition coefficient (Wildman–Crippen LogP) is 1.42. The third-order valence-corrected chi connectivity index (χ3v) is 2.86. The van der Waals surface area contributed by atoms with E-state index in [0.717, 1.165) is 11.4 Å². The van der Waals surface area contributed by atoms with Gasteiger partial charge in [0.15, 0.2) is 0 Å². The lowest BCUT2D eigenvalue weighted by atomic mass is 10.2. The summed E-state index contributed by atoms with van der Waals surface area (Å²) in [4.78, 5) is 26.3. The van der Waals surface area contributed by atoms with Gasteiger partial charge in [-0.05, 0) is 26.0 Å². The van der Waals surface area contributed by atoms with Gasteiger partial charge in [-0.3, -0.25) is 9.78 Å². The summed E-state index contributed by atoms with van der Waals surface area (Å²) in [5.41, 5.74) is 7.53. The summed E-state index contributed by atoms with van der Waals surface area (Å²) in [5, 5.41) is 0. The first kappa shape index (κ1) is 13.9. The van der Waals surface area contributed by atoms with E-state index in [0.29, 0.717) is 18.9 Å². The number of rotatable bonds is 4. The standard InChI is InChI=1S/C14H17N5O/c1-3-19(9-11-6-4-5-10(2)18-11)14(20)12-7-17-13(15)8-16-12/h4-8H,3,9H2,1-2H3,(H2,15,17). The molecule has 20 heavy (non-hydrogen) atoms. The third kappa shape index (κ3) is 3.28. The van der Waals surface area contributed by atoms with Crippen LogP contribution in [-0.4, -0.2) is 32.3 Å². The molecule has 0 aliphatic carbocycles. The Bertz CT molecular complexity index is 597. The number of carbonyl (C=O) groups excluding carboxylic acids is 1. The number of aryl methyl sites for hydroxylation is 1. The van der Waals surface area contributed by atoms with Crippen molar-refractivity contribution in [3.8, 4) is 0 Å². The van der Waals surface area contributed by atoms with E-state index in [4.69, 9.17) is 5.73 Å². The second kappa shape index (κ2) is 6.10. The van der Waals surface area contributed by atoms with E-state index in [-0.39, 0.29) is 11.6 Å². The van der Waals surface area contributed by atoms with Gasteiger partial charge in [-0.15, -0.1) is 0 Å². The topological polar surface area (TPSA) is 85.0 Å². The molecule has 2 heterocycles. The molecule has 0 saturated carbocycles. The van der Waals surface area contributed by atoms with Crippen LogP contribution in [-0.2, 0) is 6.54 Å². The number of pyridine rings is 1. The Labute approximate surface area is 117 Å². The highest BCUT2D eigenvalue weighted by Crippen LogP contribution is 2.07. The van der Waals surface area contributed by atoms with Gasteiger partial charge in [-0.2, -0.15) is 0 Å². The molecule has 6 heteroatoms. The van der Waals surface area contributed by atoms with Crippen molar-refractivity contribution in [1.82, 2.24) is 19.9 Å². The molecule has 1 amide bonds. The number of carbonyl (C=O) groups is 1. The molecule has 0 spiro atoms. The first-order valence-corrected chi connectivity index (χ1v) is 6.39. The lowest BCUT2D eigenvalue weighted by Crippen LogP contribution is -2.31. The zero-order valence-corrected chi connectivity index (χ0v) is 11.6. The number of nitrogen functional groups attached to an aromatic ring is 1. The van der Waals surface area contributed by atoms with Crippen LogP contribution in [0.15, 0.2) is 30.6 Å². The maximum Gasteiger partial charge on any atom is 0.274 e. The Morgan fingerprint density at radius 2 is 2.10 bits per heavy atom. The Hall–Kier alpha value is -2.50. The fourth-order valence-corrected chi connectivity index (χ4v) is 1.82. The molecular formula is C14H17N5O. The van der Waals surface area contributed by atoms with Crippen LogP contribution in [0.5, 0.6) is 0 Å². The molecule has 6 nitrogen and oxygen atoms in total. The van der Waals surface area contributed by atoms with E-state index in [1.807, 2.05) is 32.0 Å². The Morgan fingerprint density at radius 1 is 1.30 bits per heavy atom. The summed E-state index contributed by atoms with van der Waals surface area (Å²) in [6, 6.07) is 5.75. The van der Waals surface area contributed by atoms with Crippen LogP contribution in [0.1, 0.15) is 28.8 Å². The van der Waals surface area contributed by atoms with E-state index >= 15 is 0 Å². The maximum atomic E-state index is 12.3. The summed E-state index contributed by atoms with van der Waals surface area (Å²) in [7, 11) is 0. The van der Waals surface area contributed by atoms with Crippen LogP contribution >= 0.6 is 0 Å². The smallest absolute Gasteiger partial charge is 0.274 e. The van der Waals surface area contributed by atoms with Gasteiger partial charge in [-0.25, -0.2) is 9.97 Å². The summed E-state index contributed by atoms with van der Waals surface area (Å²) >= 11 is 0. The first-order valence-electron chi connectivity index (χ1n) is 6.39. The molecule has 0 aliphatic heterocycles. The van der Waals surface area contributed by atoms with Crippen molar-refractivity contribution in [2.45, 2.75) is 20.4 Å². The molecule has 2 N–H and O–H groups in total. The monoisotopic (exact) mass is 271 g/mol. The molecule has 0 atom stereocenters. The number of anilines is 1. The van der Waals surface area contributed by atoms with Crippen molar-refractivity contribution in [3.05, 3.63) is 47.7 Å². The zero-order valence-electron chi connectivity index (χ0n) is 11.6. The summed E-state index contributed by atoms with van der Waals surface area (Å²) in [5.74, 6) is 0.119. The molecule has 0 fully saturated rings. The van der Waals surface area contributed by atoms with Crippen LogP contribution in [0.25, 0.3) is 0 Å². The quantitative estimate of drug-likeness (QED) is 0.909. The van der Waals surface area contributed by atoms with Gasteiger partial charge in [-0.1, -0.05) is 6.07 Å². The molecule has 2 rings (SSSR count). The van der Waals surface area contributed by atoms with Gasteiger partial charge in [0.05, 0.1) is 24.6 Å². The zero-order chi connectivity index (χ0) is 14.5. The molecule has 104 valence electrons. The first-order chi connectivity index (χ1) is 9.60. The summed E-state index contributed by atoms with van der Waals surface area (Å²) in [6.07, 6.45) is 2.77. The minimum Gasteiger partial charge on any atom is -0.382 e. The number of nitrogens with zero attached hydrogens (tertiary/aromatic N) is 4. The molecule has 0 saturated heterocycles. The van der Waals surface area contributed by atoms with Gasteiger partial charge in [0, 0.05) is 12.2 Å². The minimum absolute atomic E-state index is 0.177. The van der Waals surface area contributed by atoms with Gasteiger partial charge in [0.25, 0.3) is 5.91 Å². The normalized spacial score (nSPS) is 10.3. The molecule has 0 bridgehead atoms. The van der Waals surface area contributed by atoms with Crippen LogP contribution in [0.3, 0.4) is 0 Å². The fourth-order valence-electron chi connectivity index (χ4n) is 1.82. The van der Waals surface area contributed by atoms with E-state index < -0.39 is 0 Å². The molecule has 0 radical (unpaired) electrons. The lowest BCUT2D eigenvalue weighted by Gasteiger charge is -2.20. The van der Waals surface area contributed by atoms with Gasteiger partial charge < -0.3 is 10.6 Å². The van der Waals surface area contributed by atoms with E-state index in [1.165, 1.54) is 12.4 Å². The second-order valence-corrected chi connectivity index (χ2v) is 4.42. The van der Waals surface area contributed by atoms with E-state index in [1.54, 1.807) is 4.90 Å². The number of hydrogen-bond acceptors (Lipinski definition) is 5. The molecule has 0 unspecified atom stereocenters. The minimum atomic E-state index is -0.177. The highest BCUT2D eigenvalue weighted by atomic mass is 16.2. The number of amides is 1. The Kier molecular flexibility index (Phi) is 4.24.